The first-order valence-corrected chi connectivity index (χ1v) is 11.5. The molecule has 0 aliphatic heterocycles. The molecule has 178 valence electrons. The van der Waals surface area contributed by atoms with Crippen molar-refractivity contribution in [3.05, 3.63) is 112 Å². The second kappa shape index (κ2) is 11.4. The number of carbonyl (C=O) groups excluding carboxylic acids is 1. The zero-order chi connectivity index (χ0) is 24.6. The van der Waals surface area contributed by atoms with E-state index < -0.39 is 0 Å². The van der Waals surface area contributed by atoms with E-state index in [0.717, 1.165) is 33.8 Å². The van der Waals surface area contributed by atoms with Gasteiger partial charge >= 0.3 is 0 Å². The summed E-state index contributed by atoms with van der Waals surface area (Å²) in [4.78, 5) is 12.4. The Bertz CT molecular complexity index is 1350. The third-order valence-electron chi connectivity index (χ3n) is 5.25. The summed E-state index contributed by atoms with van der Waals surface area (Å²) in [5.41, 5.74) is 4.52. The standard InChI is InChI=1S/C28H26ClN3O3/c1-20-5-3-8-26(13-20)35-19-23-14-21(9-11-27(23)34-2)10-12-28(33)31-25-16-30-32(18-25)17-22-6-4-7-24(29)15-22/h3-16,18H,17,19H2,1-2H3,(H,31,33)/b12-10+. The minimum Gasteiger partial charge on any atom is -0.496 e. The summed E-state index contributed by atoms with van der Waals surface area (Å²) in [5, 5.41) is 7.81. The van der Waals surface area contributed by atoms with Crippen LogP contribution in [0.5, 0.6) is 11.5 Å². The molecule has 0 bridgehead atoms. The van der Waals surface area contributed by atoms with Crippen LogP contribution in [0, 0.1) is 6.92 Å². The van der Waals surface area contributed by atoms with Gasteiger partial charge in [-0.2, -0.15) is 5.10 Å². The van der Waals surface area contributed by atoms with Crippen molar-refractivity contribution < 1.29 is 14.3 Å². The second-order valence-corrected chi connectivity index (χ2v) is 8.49. The third kappa shape index (κ3) is 6.98. The molecule has 0 saturated heterocycles. The highest BCUT2D eigenvalue weighted by Gasteiger charge is 2.07. The summed E-state index contributed by atoms with van der Waals surface area (Å²) in [6.07, 6.45) is 6.63. The summed E-state index contributed by atoms with van der Waals surface area (Å²) in [5.74, 6) is 1.27. The summed E-state index contributed by atoms with van der Waals surface area (Å²) in [6, 6.07) is 21.2. The van der Waals surface area contributed by atoms with Gasteiger partial charge in [-0.1, -0.05) is 41.9 Å². The van der Waals surface area contributed by atoms with Crippen molar-refractivity contribution in [3.63, 3.8) is 0 Å². The Morgan fingerprint density at radius 3 is 2.77 bits per heavy atom. The Balaban J connectivity index is 1.37. The highest BCUT2D eigenvalue weighted by atomic mass is 35.5. The first-order chi connectivity index (χ1) is 17.0. The molecule has 3 aromatic carbocycles. The lowest BCUT2D eigenvalue weighted by atomic mass is 10.1. The maximum Gasteiger partial charge on any atom is 0.248 e. The monoisotopic (exact) mass is 487 g/mol. The van der Waals surface area contributed by atoms with Crippen molar-refractivity contribution in [2.75, 3.05) is 12.4 Å². The average Bonchev–Trinajstić information content (AvgIpc) is 3.28. The van der Waals surface area contributed by atoms with Gasteiger partial charge in [0.05, 0.1) is 25.5 Å². The van der Waals surface area contributed by atoms with Crippen molar-refractivity contribution in [1.29, 1.82) is 0 Å². The first kappa shape index (κ1) is 24.1. The van der Waals surface area contributed by atoms with E-state index >= 15 is 0 Å². The molecule has 0 fully saturated rings. The zero-order valence-corrected chi connectivity index (χ0v) is 20.3. The predicted molar refractivity (Wildman–Crippen MR) is 139 cm³/mol. The number of nitrogens with one attached hydrogen (secondary N) is 1. The number of ether oxygens (including phenoxy) is 2. The fourth-order valence-corrected chi connectivity index (χ4v) is 3.79. The highest BCUT2D eigenvalue weighted by molar-refractivity contribution is 6.30. The molecule has 0 unspecified atom stereocenters. The van der Waals surface area contributed by atoms with Crippen LogP contribution in [0.1, 0.15) is 22.3 Å². The van der Waals surface area contributed by atoms with Gasteiger partial charge in [0.15, 0.2) is 0 Å². The van der Waals surface area contributed by atoms with E-state index in [9.17, 15) is 4.79 Å². The van der Waals surface area contributed by atoms with Gasteiger partial charge in [0, 0.05) is 22.9 Å². The molecular formula is C28H26ClN3O3. The Morgan fingerprint density at radius 2 is 1.97 bits per heavy atom. The molecule has 4 rings (SSSR count). The molecule has 1 aromatic heterocycles. The topological polar surface area (TPSA) is 65.4 Å². The lowest BCUT2D eigenvalue weighted by molar-refractivity contribution is -0.111. The molecule has 0 aliphatic carbocycles. The molecule has 4 aromatic rings. The predicted octanol–water partition coefficient (Wildman–Crippen LogP) is 6.13. The van der Waals surface area contributed by atoms with Gasteiger partial charge in [-0.3, -0.25) is 9.48 Å². The number of anilines is 1. The summed E-state index contributed by atoms with van der Waals surface area (Å²) in [6.45, 7) is 2.94. The third-order valence-corrected chi connectivity index (χ3v) is 5.48. The highest BCUT2D eigenvalue weighted by Crippen LogP contribution is 2.23. The summed E-state index contributed by atoms with van der Waals surface area (Å²) in [7, 11) is 1.63. The summed E-state index contributed by atoms with van der Waals surface area (Å²) >= 11 is 6.04. The Morgan fingerprint density at radius 1 is 1.11 bits per heavy atom. The van der Waals surface area contributed by atoms with Crippen LogP contribution in [-0.2, 0) is 17.9 Å². The van der Waals surface area contributed by atoms with Crippen molar-refractivity contribution >= 4 is 29.3 Å². The van der Waals surface area contributed by atoms with Crippen LogP contribution >= 0.6 is 11.6 Å². The van der Waals surface area contributed by atoms with Gasteiger partial charge in [0.2, 0.25) is 5.91 Å². The molecule has 1 heterocycles. The Hall–Kier alpha value is -4.03. The first-order valence-electron chi connectivity index (χ1n) is 11.1. The smallest absolute Gasteiger partial charge is 0.248 e. The van der Waals surface area contributed by atoms with Gasteiger partial charge in [-0.05, 0) is 66.1 Å². The molecule has 0 spiro atoms. The maximum absolute atomic E-state index is 12.4. The number of hydrogen-bond acceptors (Lipinski definition) is 4. The van der Waals surface area contributed by atoms with Crippen molar-refractivity contribution in [2.45, 2.75) is 20.1 Å². The Kier molecular flexibility index (Phi) is 7.85. The SMILES string of the molecule is COc1ccc(/C=C/C(=O)Nc2cnn(Cc3cccc(Cl)c3)c2)cc1COc1cccc(C)c1. The van der Waals surface area contributed by atoms with Crippen LogP contribution in [0.25, 0.3) is 6.08 Å². The maximum atomic E-state index is 12.4. The molecule has 1 amide bonds. The van der Waals surface area contributed by atoms with Gasteiger partial charge in [-0.25, -0.2) is 0 Å². The van der Waals surface area contributed by atoms with Crippen molar-refractivity contribution in [2.24, 2.45) is 0 Å². The number of methoxy groups -OCH3 is 1. The molecule has 0 aliphatic rings. The zero-order valence-electron chi connectivity index (χ0n) is 19.6. The van der Waals surface area contributed by atoms with E-state index in [1.54, 1.807) is 30.3 Å². The van der Waals surface area contributed by atoms with Crippen LogP contribution in [0.2, 0.25) is 5.02 Å². The molecule has 7 heteroatoms. The van der Waals surface area contributed by atoms with Crippen LogP contribution in [0.3, 0.4) is 0 Å². The minimum absolute atomic E-state index is 0.249. The van der Waals surface area contributed by atoms with Crippen LogP contribution in [0.15, 0.2) is 85.2 Å². The van der Waals surface area contributed by atoms with Gasteiger partial charge < -0.3 is 14.8 Å². The molecule has 0 atom stereocenters. The second-order valence-electron chi connectivity index (χ2n) is 8.06. The number of nitrogens with zero attached hydrogens (tertiary/aromatic N) is 2. The largest absolute Gasteiger partial charge is 0.496 e. The molecule has 6 nitrogen and oxygen atoms in total. The minimum atomic E-state index is -0.249. The number of benzene rings is 3. The van der Waals surface area contributed by atoms with E-state index in [1.165, 1.54) is 6.08 Å². The number of amides is 1. The quantitative estimate of drug-likeness (QED) is 0.288. The van der Waals surface area contributed by atoms with Gasteiger partial charge in [0.25, 0.3) is 0 Å². The number of hydrogen-bond donors (Lipinski definition) is 1. The van der Waals surface area contributed by atoms with E-state index in [0.29, 0.717) is 23.9 Å². The van der Waals surface area contributed by atoms with Crippen LogP contribution in [-0.4, -0.2) is 22.8 Å². The number of carbonyl (C=O) groups is 1. The van der Waals surface area contributed by atoms with Crippen LogP contribution < -0.4 is 14.8 Å². The Labute approximate surface area is 209 Å². The van der Waals surface area contributed by atoms with Gasteiger partial charge in [0.1, 0.15) is 18.1 Å². The lowest BCUT2D eigenvalue weighted by Gasteiger charge is -2.11. The summed E-state index contributed by atoms with van der Waals surface area (Å²) < 4.78 is 13.1. The lowest BCUT2D eigenvalue weighted by Crippen LogP contribution is -2.07. The van der Waals surface area contributed by atoms with E-state index in [-0.39, 0.29) is 5.91 Å². The molecule has 35 heavy (non-hydrogen) atoms. The van der Waals surface area contributed by atoms with Crippen molar-refractivity contribution in [1.82, 2.24) is 9.78 Å². The van der Waals surface area contributed by atoms with Crippen molar-refractivity contribution in [3.8, 4) is 11.5 Å². The normalized spacial score (nSPS) is 10.9. The molecule has 0 saturated carbocycles. The van der Waals surface area contributed by atoms with Gasteiger partial charge in [-0.15, -0.1) is 0 Å². The van der Waals surface area contributed by atoms with Crippen LogP contribution in [0.4, 0.5) is 5.69 Å². The number of aromatic nitrogens is 2. The molecule has 0 radical (unpaired) electrons. The number of halogens is 1. The molecular weight excluding hydrogens is 462 g/mol. The average molecular weight is 488 g/mol. The van der Waals surface area contributed by atoms with E-state index in [4.69, 9.17) is 21.1 Å². The van der Waals surface area contributed by atoms with E-state index in [1.807, 2.05) is 73.7 Å². The molecule has 1 N–H and O–H groups in total. The van der Waals surface area contributed by atoms with E-state index in [2.05, 4.69) is 10.4 Å². The number of aryl methyl sites for hydroxylation is 1. The fraction of sp³-hybridized carbons (Fsp3) is 0.143. The number of rotatable bonds is 9. The fourth-order valence-electron chi connectivity index (χ4n) is 3.57.